The Balaban J connectivity index is 1.82. The molecule has 4 rings (SSSR count). The van der Waals surface area contributed by atoms with Gasteiger partial charge in [-0.05, 0) is 55.5 Å². The minimum atomic E-state index is -0.324. The summed E-state index contributed by atoms with van der Waals surface area (Å²) in [5, 5.41) is 0. The van der Waals surface area contributed by atoms with Crippen LogP contribution in [-0.4, -0.2) is 43.5 Å². The van der Waals surface area contributed by atoms with Gasteiger partial charge in [-0.3, -0.25) is 9.59 Å². The Kier molecular flexibility index (Phi) is 5.98. The lowest BCUT2D eigenvalue weighted by molar-refractivity contribution is -0.120. The number of amides is 2. The van der Waals surface area contributed by atoms with E-state index in [2.05, 4.69) is 11.8 Å². The smallest absolute Gasteiger partial charge is 0.282 e. The largest absolute Gasteiger partial charge is 0.497 e. The van der Waals surface area contributed by atoms with Gasteiger partial charge in [0.15, 0.2) is 0 Å². The molecule has 2 aromatic rings. The van der Waals surface area contributed by atoms with Gasteiger partial charge in [-0.15, -0.1) is 0 Å². The number of nitrogens with zero attached hydrogens (tertiary/aromatic N) is 2. The highest BCUT2D eigenvalue weighted by atomic mass is 16.5. The number of rotatable bonds is 6. The van der Waals surface area contributed by atoms with Gasteiger partial charge in [0.2, 0.25) is 0 Å². The van der Waals surface area contributed by atoms with E-state index >= 15 is 0 Å². The van der Waals surface area contributed by atoms with Crippen molar-refractivity contribution in [1.82, 2.24) is 4.90 Å². The number of piperidine rings is 1. The Hall–Kier alpha value is -3.28. The van der Waals surface area contributed by atoms with Crippen molar-refractivity contribution in [3.8, 4) is 11.5 Å². The zero-order valence-electron chi connectivity index (χ0n) is 18.3. The third kappa shape index (κ3) is 3.90. The van der Waals surface area contributed by atoms with E-state index in [-0.39, 0.29) is 11.8 Å². The predicted octanol–water partition coefficient (Wildman–Crippen LogP) is 4.11. The first-order valence-corrected chi connectivity index (χ1v) is 10.8. The molecule has 1 atom stereocenters. The van der Waals surface area contributed by atoms with Crippen molar-refractivity contribution < 1.29 is 19.1 Å². The van der Waals surface area contributed by atoms with Gasteiger partial charge in [0, 0.05) is 13.1 Å². The zero-order valence-corrected chi connectivity index (χ0v) is 18.3. The third-order valence-corrected chi connectivity index (χ3v) is 5.82. The lowest BCUT2D eigenvalue weighted by Gasteiger charge is -2.33. The number of hydrogen-bond acceptors (Lipinski definition) is 5. The first kappa shape index (κ1) is 21.0. The fourth-order valence-electron chi connectivity index (χ4n) is 4.36. The van der Waals surface area contributed by atoms with E-state index in [9.17, 15) is 9.59 Å². The van der Waals surface area contributed by atoms with Crippen LogP contribution in [0.2, 0.25) is 0 Å². The Labute approximate surface area is 183 Å². The molecule has 1 unspecified atom stereocenters. The van der Waals surface area contributed by atoms with Crippen LogP contribution in [0.25, 0.3) is 5.57 Å². The highest BCUT2D eigenvalue weighted by Crippen LogP contribution is 2.39. The number of likely N-dealkylation sites (tertiary alicyclic amines) is 1. The lowest BCUT2D eigenvalue weighted by atomic mass is 9.98. The number of imide groups is 1. The Morgan fingerprint density at radius 2 is 1.77 bits per heavy atom. The molecule has 0 saturated carbocycles. The summed E-state index contributed by atoms with van der Waals surface area (Å²) in [6.45, 7) is 6.03. The molecule has 0 N–H and O–H groups in total. The number of carbonyl (C=O) groups is 2. The van der Waals surface area contributed by atoms with Gasteiger partial charge in [0.05, 0.1) is 25.0 Å². The van der Waals surface area contributed by atoms with Gasteiger partial charge in [-0.2, -0.15) is 0 Å². The number of anilines is 1. The molecule has 6 heteroatoms. The van der Waals surface area contributed by atoms with Gasteiger partial charge in [-0.25, -0.2) is 4.90 Å². The van der Waals surface area contributed by atoms with Crippen LogP contribution in [0.3, 0.4) is 0 Å². The second-order valence-electron chi connectivity index (χ2n) is 7.99. The molecule has 1 saturated heterocycles. The zero-order chi connectivity index (χ0) is 22.0. The molecule has 6 nitrogen and oxygen atoms in total. The van der Waals surface area contributed by atoms with E-state index < -0.39 is 0 Å². The van der Waals surface area contributed by atoms with Crippen LogP contribution in [0.5, 0.6) is 11.5 Å². The SMILES string of the molecule is CCOc1ccccc1N1C(=O)C(c2ccc(OC)cc2)=C(N2CCCC(C)C2)C1=O. The van der Waals surface area contributed by atoms with E-state index in [4.69, 9.17) is 9.47 Å². The van der Waals surface area contributed by atoms with Crippen LogP contribution in [0.4, 0.5) is 5.69 Å². The molecule has 2 aromatic carbocycles. The van der Waals surface area contributed by atoms with Crippen LogP contribution in [0, 0.1) is 5.92 Å². The second kappa shape index (κ2) is 8.84. The van der Waals surface area contributed by atoms with Gasteiger partial charge in [0.1, 0.15) is 17.2 Å². The number of para-hydroxylation sites is 2. The van der Waals surface area contributed by atoms with Gasteiger partial charge in [-0.1, -0.05) is 31.2 Å². The average Bonchev–Trinajstić information content (AvgIpc) is 3.04. The lowest BCUT2D eigenvalue weighted by Crippen LogP contribution is -2.39. The molecule has 0 bridgehead atoms. The molecular formula is C25H28N2O4. The molecule has 0 radical (unpaired) electrons. The normalized spacial score (nSPS) is 19.3. The Bertz CT molecular complexity index is 1010. The maximum absolute atomic E-state index is 13.7. The van der Waals surface area contributed by atoms with Crippen molar-refractivity contribution in [1.29, 1.82) is 0 Å². The number of ether oxygens (including phenoxy) is 2. The number of benzene rings is 2. The van der Waals surface area contributed by atoms with Gasteiger partial charge in [0.25, 0.3) is 11.8 Å². The Morgan fingerprint density at radius 1 is 1.03 bits per heavy atom. The summed E-state index contributed by atoms with van der Waals surface area (Å²) in [6, 6.07) is 14.5. The summed E-state index contributed by atoms with van der Waals surface area (Å²) < 4.78 is 11.0. The highest BCUT2D eigenvalue weighted by molar-refractivity contribution is 6.45. The van der Waals surface area contributed by atoms with Crippen LogP contribution in [0.15, 0.2) is 54.2 Å². The Morgan fingerprint density at radius 3 is 2.45 bits per heavy atom. The average molecular weight is 421 g/mol. The quantitative estimate of drug-likeness (QED) is 0.659. The van der Waals surface area contributed by atoms with Crippen LogP contribution in [-0.2, 0) is 9.59 Å². The van der Waals surface area contributed by atoms with Gasteiger partial charge < -0.3 is 14.4 Å². The topological polar surface area (TPSA) is 59.1 Å². The fraction of sp³-hybridized carbons (Fsp3) is 0.360. The van der Waals surface area contributed by atoms with Crippen LogP contribution in [0.1, 0.15) is 32.3 Å². The van der Waals surface area contributed by atoms with E-state index in [0.29, 0.717) is 46.5 Å². The van der Waals surface area contributed by atoms with Crippen molar-refractivity contribution >= 4 is 23.1 Å². The molecule has 0 aromatic heterocycles. The van der Waals surface area contributed by atoms with Crippen molar-refractivity contribution in [2.45, 2.75) is 26.7 Å². The third-order valence-electron chi connectivity index (χ3n) is 5.82. The summed E-state index contributed by atoms with van der Waals surface area (Å²) in [6.07, 6.45) is 2.12. The molecule has 2 aliphatic heterocycles. The van der Waals surface area contributed by atoms with Crippen molar-refractivity contribution in [3.63, 3.8) is 0 Å². The van der Waals surface area contributed by atoms with Crippen molar-refractivity contribution in [2.24, 2.45) is 5.92 Å². The molecule has 2 aliphatic rings. The number of hydrogen-bond donors (Lipinski definition) is 0. The minimum Gasteiger partial charge on any atom is -0.497 e. The maximum Gasteiger partial charge on any atom is 0.282 e. The molecule has 162 valence electrons. The first-order valence-electron chi connectivity index (χ1n) is 10.8. The summed E-state index contributed by atoms with van der Waals surface area (Å²) in [5.41, 5.74) is 2.11. The van der Waals surface area contributed by atoms with E-state index in [1.165, 1.54) is 4.90 Å². The summed E-state index contributed by atoms with van der Waals surface area (Å²) in [7, 11) is 1.60. The minimum absolute atomic E-state index is 0.294. The number of methoxy groups -OCH3 is 1. The van der Waals surface area contributed by atoms with E-state index in [1.54, 1.807) is 19.2 Å². The van der Waals surface area contributed by atoms with Crippen molar-refractivity contribution in [2.75, 3.05) is 31.7 Å². The summed E-state index contributed by atoms with van der Waals surface area (Å²) in [4.78, 5) is 30.8. The summed E-state index contributed by atoms with van der Waals surface area (Å²) in [5.74, 6) is 1.07. The van der Waals surface area contributed by atoms with Crippen LogP contribution >= 0.6 is 0 Å². The fourth-order valence-corrected chi connectivity index (χ4v) is 4.36. The molecule has 31 heavy (non-hydrogen) atoms. The second-order valence-corrected chi connectivity index (χ2v) is 7.99. The van der Waals surface area contributed by atoms with Gasteiger partial charge >= 0.3 is 0 Å². The first-order chi connectivity index (χ1) is 15.0. The monoisotopic (exact) mass is 420 g/mol. The van der Waals surface area contributed by atoms with Crippen molar-refractivity contribution in [3.05, 3.63) is 59.8 Å². The van der Waals surface area contributed by atoms with E-state index in [1.807, 2.05) is 43.3 Å². The molecule has 0 aliphatic carbocycles. The van der Waals surface area contributed by atoms with Crippen LogP contribution < -0.4 is 14.4 Å². The molecule has 2 amide bonds. The number of carbonyl (C=O) groups excluding carboxylic acids is 2. The highest BCUT2D eigenvalue weighted by Gasteiger charge is 2.44. The standard InChI is InChI=1S/C25H28N2O4/c1-4-31-21-10-6-5-9-20(21)27-24(28)22(18-11-13-19(30-3)14-12-18)23(25(27)29)26-15-7-8-17(2)16-26/h5-6,9-14,17H,4,7-8,15-16H2,1-3H3. The maximum atomic E-state index is 13.7. The molecule has 2 heterocycles. The predicted molar refractivity (Wildman–Crippen MR) is 120 cm³/mol. The summed E-state index contributed by atoms with van der Waals surface area (Å²) >= 11 is 0. The molecule has 1 fully saturated rings. The molecule has 0 spiro atoms. The molecular weight excluding hydrogens is 392 g/mol. The van der Waals surface area contributed by atoms with E-state index in [0.717, 1.165) is 25.9 Å².